The molecular formula is C36H31F3N2O4. The van der Waals surface area contributed by atoms with Crippen LogP contribution in [0.25, 0.3) is 22.3 Å². The number of amides is 2. The maximum Gasteiger partial charge on any atom is 0.416 e. The highest BCUT2D eigenvalue weighted by atomic mass is 19.4. The largest absolute Gasteiger partial charge is 0.480 e. The zero-order valence-electron chi connectivity index (χ0n) is 24.6. The van der Waals surface area contributed by atoms with Gasteiger partial charge in [0.15, 0.2) is 0 Å². The molecule has 1 heterocycles. The normalized spacial score (nSPS) is 15.3. The van der Waals surface area contributed by atoms with E-state index in [-0.39, 0.29) is 30.5 Å². The van der Waals surface area contributed by atoms with Crippen molar-refractivity contribution in [1.82, 2.24) is 9.80 Å². The smallest absolute Gasteiger partial charge is 0.416 e. The zero-order chi connectivity index (χ0) is 32.1. The van der Waals surface area contributed by atoms with Crippen LogP contribution in [0.3, 0.4) is 0 Å². The Labute approximate surface area is 259 Å². The zero-order valence-corrected chi connectivity index (χ0v) is 24.6. The second-order valence-corrected chi connectivity index (χ2v) is 11.1. The first-order valence-corrected chi connectivity index (χ1v) is 14.6. The van der Waals surface area contributed by atoms with E-state index in [0.29, 0.717) is 24.1 Å². The fourth-order valence-corrected chi connectivity index (χ4v) is 5.71. The van der Waals surface area contributed by atoms with Crippen molar-refractivity contribution in [3.63, 3.8) is 0 Å². The monoisotopic (exact) mass is 612 g/mol. The van der Waals surface area contributed by atoms with Gasteiger partial charge in [0, 0.05) is 38.0 Å². The summed E-state index contributed by atoms with van der Waals surface area (Å²) in [6.45, 7) is 2.00. The van der Waals surface area contributed by atoms with Gasteiger partial charge in [0.2, 0.25) is 5.91 Å². The Morgan fingerprint density at radius 2 is 1.53 bits per heavy atom. The Kier molecular flexibility index (Phi) is 9.24. The van der Waals surface area contributed by atoms with Gasteiger partial charge in [0.05, 0.1) is 11.1 Å². The van der Waals surface area contributed by atoms with Gasteiger partial charge in [-0.2, -0.15) is 13.2 Å². The minimum Gasteiger partial charge on any atom is -0.480 e. The average molecular weight is 613 g/mol. The van der Waals surface area contributed by atoms with E-state index < -0.39 is 29.7 Å². The lowest BCUT2D eigenvalue weighted by atomic mass is 9.99. The summed E-state index contributed by atoms with van der Waals surface area (Å²) in [5, 5.41) is 10.4. The summed E-state index contributed by atoms with van der Waals surface area (Å²) in [6, 6.07) is 28.9. The van der Waals surface area contributed by atoms with Gasteiger partial charge < -0.3 is 14.9 Å². The van der Waals surface area contributed by atoms with E-state index in [0.717, 1.165) is 35.2 Å². The number of alkyl halides is 3. The van der Waals surface area contributed by atoms with Crippen molar-refractivity contribution in [2.75, 3.05) is 13.1 Å². The molecule has 0 radical (unpaired) electrons. The van der Waals surface area contributed by atoms with Crippen LogP contribution in [0.1, 0.15) is 41.3 Å². The number of nitrogens with zero attached hydrogens (tertiary/aromatic N) is 2. The minimum atomic E-state index is -4.46. The Morgan fingerprint density at radius 1 is 0.889 bits per heavy atom. The number of benzene rings is 3. The first-order valence-electron chi connectivity index (χ1n) is 14.6. The molecule has 2 amide bonds. The number of carboxylic acids is 1. The van der Waals surface area contributed by atoms with Crippen molar-refractivity contribution in [2.24, 2.45) is 0 Å². The molecular weight excluding hydrogens is 581 g/mol. The Hall–Kier alpha value is -5.10. The molecule has 1 N–H and O–H groups in total. The van der Waals surface area contributed by atoms with E-state index in [4.69, 9.17) is 0 Å². The summed E-state index contributed by atoms with van der Waals surface area (Å²) < 4.78 is 38.9. The first-order chi connectivity index (χ1) is 21.5. The van der Waals surface area contributed by atoms with Crippen molar-refractivity contribution >= 4 is 17.8 Å². The molecule has 1 fully saturated rings. The van der Waals surface area contributed by atoms with Crippen LogP contribution in [0, 0.1) is 12.1 Å². The van der Waals surface area contributed by atoms with Crippen molar-refractivity contribution in [3.05, 3.63) is 120 Å². The van der Waals surface area contributed by atoms with Crippen LogP contribution in [0.4, 0.5) is 13.2 Å². The minimum absolute atomic E-state index is 0.0198. The van der Waals surface area contributed by atoms with Crippen molar-refractivity contribution in [1.29, 1.82) is 0 Å². The molecule has 45 heavy (non-hydrogen) atoms. The Morgan fingerprint density at radius 3 is 2.11 bits per heavy atom. The van der Waals surface area contributed by atoms with Crippen LogP contribution in [0.2, 0.25) is 0 Å². The number of halogens is 3. The lowest BCUT2D eigenvalue weighted by Crippen LogP contribution is -2.52. The van der Waals surface area contributed by atoms with E-state index in [9.17, 15) is 32.7 Å². The molecule has 230 valence electrons. The van der Waals surface area contributed by atoms with E-state index >= 15 is 0 Å². The summed E-state index contributed by atoms with van der Waals surface area (Å²) in [7, 11) is 0. The van der Waals surface area contributed by atoms with Crippen LogP contribution in [0.15, 0.2) is 91.0 Å². The fourth-order valence-electron chi connectivity index (χ4n) is 5.71. The summed E-state index contributed by atoms with van der Waals surface area (Å²) in [6.07, 6.45) is -3.05. The number of likely N-dealkylation sites (tertiary alicyclic amines) is 1. The summed E-state index contributed by atoms with van der Waals surface area (Å²) in [4.78, 5) is 41.9. The highest BCUT2D eigenvalue weighted by Crippen LogP contribution is 2.31. The highest BCUT2D eigenvalue weighted by molar-refractivity contribution is 5.96. The average Bonchev–Trinajstić information content (AvgIpc) is 3.51. The SMILES string of the molecule is CC(=O)N1CCC[C@@H]1CN(C(=O)c1c#cc(-c2ccc(C(F)(F)F)cc2)cc1)[C@@H](Cc1ccc(-c2ccccc2)cc1)C(=O)O. The molecule has 2 atom stereocenters. The molecule has 5 rings (SSSR count). The summed E-state index contributed by atoms with van der Waals surface area (Å²) >= 11 is 0. The molecule has 6 nitrogen and oxygen atoms in total. The van der Waals surface area contributed by atoms with Gasteiger partial charge in [-0.3, -0.25) is 9.59 Å². The van der Waals surface area contributed by atoms with Crippen LogP contribution < -0.4 is 0 Å². The molecule has 0 spiro atoms. The van der Waals surface area contributed by atoms with Crippen LogP contribution >= 0.6 is 0 Å². The number of aliphatic carboxylic acids is 1. The van der Waals surface area contributed by atoms with Crippen LogP contribution in [-0.4, -0.2) is 57.9 Å². The van der Waals surface area contributed by atoms with Gasteiger partial charge in [-0.1, -0.05) is 78.9 Å². The molecule has 1 saturated heterocycles. The third kappa shape index (κ3) is 7.35. The predicted octanol–water partition coefficient (Wildman–Crippen LogP) is 6.79. The molecule has 0 aliphatic carbocycles. The number of carboxylic acid groups (broad SMARTS) is 1. The second kappa shape index (κ2) is 13.3. The molecule has 1 aliphatic heterocycles. The van der Waals surface area contributed by atoms with E-state index in [1.54, 1.807) is 11.0 Å². The number of carbonyl (C=O) groups is 3. The standard InChI is InChI=1S/C36H31F3N2O4/c1-24(42)40-21-5-8-32(40)23-41(33(35(44)45)22-25-9-11-27(12-10-25)26-6-3-2-4-7-26)34(43)30-15-13-28(14-16-30)29-17-19-31(20-18-29)36(37,38)39/h2-4,6-7,9-13,15,17-20,32-33H,5,8,21-23H2,1H3,(H,44,45)/t32-,33+/m1/s1. The molecule has 4 aromatic rings. The fraction of sp³-hybridized carbons (Fsp3) is 0.250. The van der Waals surface area contributed by atoms with E-state index in [1.807, 2.05) is 54.6 Å². The lowest BCUT2D eigenvalue weighted by Gasteiger charge is -2.34. The molecule has 4 aromatic carbocycles. The first kappa shape index (κ1) is 31.3. The Bertz CT molecular complexity index is 1640. The predicted molar refractivity (Wildman–Crippen MR) is 163 cm³/mol. The number of hydrogen-bond donors (Lipinski definition) is 1. The summed E-state index contributed by atoms with van der Waals surface area (Å²) in [5.74, 6) is -1.92. The Balaban J connectivity index is 1.42. The highest BCUT2D eigenvalue weighted by Gasteiger charge is 2.36. The van der Waals surface area contributed by atoms with Crippen molar-refractivity contribution in [3.8, 4) is 22.3 Å². The molecule has 1 aliphatic rings. The van der Waals surface area contributed by atoms with Crippen molar-refractivity contribution < 1.29 is 32.7 Å². The number of rotatable bonds is 9. The van der Waals surface area contributed by atoms with Gasteiger partial charge in [-0.05, 0) is 59.4 Å². The van der Waals surface area contributed by atoms with Crippen molar-refractivity contribution in [2.45, 2.75) is 44.4 Å². The summed E-state index contributed by atoms with van der Waals surface area (Å²) in [5.41, 5.74) is 2.89. The number of carbonyl (C=O) groups excluding carboxylic acids is 2. The van der Waals surface area contributed by atoms with Gasteiger partial charge in [0.25, 0.3) is 5.91 Å². The van der Waals surface area contributed by atoms with Gasteiger partial charge in [-0.15, -0.1) is 0 Å². The maximum atomic E-state index is 14.0. The third-order valence-corrected chi connectivity index (χ3v) is 8.10. The third-order valence-electron chi connectivity index (χ3n) is 8.10. The molecule has 9 heteroatoms. The molecule has 0 unspecified atom stereocenters. The topological polar surface area (TPSA) is 77.9 Å². The van der Waals surface area contributed by atoms with Crippen LogP contribution in [-0.2, 0) is 22.2 Å². The van der Waals surface area contributed by atoms with Gasteiger partial charge in [-0.25, -0.2) is 4.79 Å². The van der Waals surface area contributed by atoms with Crippen LogP contribution in [0.5, 0.6) is 0 Å². The second-order valence-electron chi connectivity index (χ2n) is 11.1. The molecule has 0 bridgehead atoms. The quantitative estimate of drug-likeness (QED) is 0.226. The van der Waals surface area contributed by atoms with Gasteiger partial charge in [0.1, 0.15) is 6.04 Å². The van der Waals surface area contributed by atoms with E-state index in [2.05, 4.69) is 12.1 Å². The van der Waals surface area contributed by atoms with E-state index in [1.165, 1.54) is 30.0 Å². The lowest BCUT2D eigenvalue weighted by molar-refractivity contribution is -0.142. The molecule has 0 aromatic heterocycles. The maximum absolute atomic E-state index is 14.0. The van der Waals surface area contributed by atoms with Gasteiger partial charge >= 0.3 is 12.1 Å². The number of hydrogen-bond acceptors (Lipinski definition) is 3. The molecule has 0 saturated carbocycles.